The third-order valence-corrected chi connectivity index (χ3v) is 2.82. The molecule has 0 unspecified atom stereocenters. The van der Waals surface area contributed by atoms with Crippen molar-refractivity contribution in [2.24, 2.45) is 0 Å². The Morgan fingerprint density at radius 2 is 1.90 bits per heavy atom. The molecule has 0 aliphatic rings. The molecular weight excluding hydrogens is 288 g/mol. The molecule has 0 spiro atoms. The molecule has 3 nitrogen and oxygen atoms in total. The molecule has 2 rings (SSSR count). The second kappa shape index (κ2) is 5.88. The fourth-order valence-corrected chi connectivity index (χ4v) is 1.72. The van der Waals surface area contributed by atoms with Gasteiger partial charge in [-0.05, 0) is 30.3 Å². The van der Waals surface area contributed by atoms with Crippen LogP contribution in [0.1, 0.15) is 15.9 Å². The monoisotopic (exact) mass is 297 g/mol. The van der Waals surface area contributed by atoms with Gasteiger partial charge in [0, 0.05) is 16.3 Å². The van der Waals surface area contributed by atoms with E-state index in [2.05, 4.69) is 0 Å². The Morgan fingerprint density at radius 3 is 2.55 bits per heavy atom. The number of esters is 1. The van der Waals surface area contributed by atoms with Gasteiger partial charge in [0.15, 0.2) is 0 Å². The van der Waals surface area contributed by atoms with Crippen molar-refractivity contribution < 1.29 is 18.3 Å². The van der Waals surface area contributed by atoms with Gasteiger partial charge in [0.2, 0.25) is 0 Å². The van der Waals surface area contributed by atoms with Crippen molar-refractivity contribution in [3.05, 3.63) is 64.2 Å². The Bertz CT molecular complexity index is 662. The maximum atomic E-state index is 13.5. The third-order valence-electron chi connectivity index (χ3n) is 2.59. The van der Waals surface area contributed by atoms with Gasteiger partial charge in [-0.1, -0.05) is 17.7 Å². The normalized spacial score (nSPS) is 10.3. The minimum absolute atomic E-state index is 0.151. The van der Waals surface area contributed by atoms with Crippen molar-refractivity contribution in [3.63, 3.8) is 0 Å². The van der Waals surface area contributed by atoms with E-state index in [-0.39, 0.29) is 28.4 Å². The van der Waals surface area contributed by atoms with Gasteiger partial charge in [-0.2, -0.15) is 0 Å². The van der Waals surface area contributed by atoms with Gasteiger partial charge in [0.05, 0.1) is 5.56 Å². The summed E-state index contributed by atoms with van der Waals surface area (Å²) in [6.07, 6.45) is 0. The maximum Gasteiger partial charge on any atom is 0.341 e. The first kappa shape index (κ1) is 14.3. The summed E-state index contributed by atoms with van der Waals surface area (Å²) < 4.78 is 31.8. The van der Waals surface area contributed by atoms with Crippen LogP contribution < -0.4 is 5.73 Å². The molecule has 2 aromatic rings. The lowest BCUT2D eigenvalue weighted by atomic mass is 10.2. The van der Waals surface area contributed by atoms with E-state index in [4.69, 9.17) is 22.1 Å². The number of ether oxygens (including phenoxy) is 1. The molecule has 2 N–H and O–H groups in total. The predicted molar refractivity (Wildman–Crippen MR) is 71.3 cm³/mol. The first-order chi connectivity index (χ1) is 9.47. The molecule has 0 aliphatic heterocycles. The fourth-order valence-electron chi connectivity index (χ4n) is 1.56. The standard InChI is InChI=1S/C14H10ClF2NO2/c15-9-2-1-8(12(16)5-9)7-20-14(19)11-4-3-10(18)6-13(11)17/h1-6H,7,18H2. The van der Waals surface area contributed by atoms with Crippen molar-refractivity contribution in [3.8, 4) is 0 Å². The molecule has 0 saturated heterocycles. The van der Waals surface area contributed by atoms with Crippen LogP contribution in [0.5, 0.6) is 0 Å². The molecule has 0 heterocycles. The average Bonchev–Trinajstić information content (AvgIpc) is 2.37. The lowest BCUT2D eigenvalue weighted by Gasteiger charge is -2.07. The Labute approximate surface area is 118 Å². The summed E-state index contributed by atoms with van der Waals surface area (Å²) in [5.41, 5.74) is 5.47. The van der Waals surface area contributed by atoms with Crippen LogP contribution in [0.2, 0.25) is 5.02 Å². The molecule has 0 aliphatic carbocycles. The topological polar surface area (TPSA) is 52.3 Å². The number of halogens is 3. The second-order valence-corrected chi connectivity index (χ2v) is 4.49. The third kappa shape index (κ3) is 3.24. The van der Waals surface area contributed by atoms with Crippen LogP contribution in [0, 0.1) is 11.6 Å². The van der Waals surface area contributed by atoms with Crippen molar-refractivity contribution >= 4 is 23.3 Å². The number of benzene rings is 2. The number of carbonyl (C=O) groups excluding carboxylic acids is 1. The van der Waals surface area contributed by atoms with Gasteiger partial charge in [-0.15, -0.1) is 0 Å². The minimum atomic E-state index is -0.892. The number of hydrogen-bond donors (Lipinski definition) is 1. The number of hydrogen-bond acceptors (Lipinski definition) is 3. The van der Waals surface area contributed by atoms with Gasteiger partial charge in [-0.3, -0.25) is 0 Å². The zero-order valence-corrected chi connectivity index (χ0v) is 11.0. The fraction of sp³-hybridized carbons (Fsp3) is 0.0714. The number of nitrogen functional groups attached to an aromatic ring is 1. The highest BCUT2D eigenvalue weighted by Crippen LogP contribution is 2.17. The van der Waals surface area contributed by atoms with Crippen LogP contribution in [0.4, 0.5) is 14.5 Å². The molecular formula is C14H10ClF2NO2. The Morgan fingerprint density at radius 1 is 1.15 bits per heavy atom. The maximum absolute atomic E-state index is 13.5. The van der Waals surface area contributed by atoms with Crippen molar-refractivity contribution in [2.75, 3.05) is 5.73 Å². The quantitative estimate of drug-likeness (QED) is 0.696. The summed E-state index contributed by atoms with van der Waals surface area (Å²) in [5.74, 6) is -2.27. The van der Waals surface area contributed by atoms with Crippen LogP contribution in [0.3, 0.4) is 0 Å². The van der Waals surface area contributed by atoms with Crippen LogP contribution in [0.15, 0.2) is 36.4 Å². The molecule has 0 radical (unpaired) electrons. The lowest BCUT2D eigenvalue weighted by Crippen LogP contribution is -2.08. The SMILES string of the molecule is Nc1ccc(C(=O)OCc2ccc(Cl)cc2F)c(F)c1. The summed E-state index contributed by atoms with van der Waals surface area (Å²) in [6, 6.07) is 7.57. The van der Waals surface area contributed by atoms with Crippen LogP contribution in [-0.2, 0) is 11.3 Å². The molecule has 0 atom stereocenters. The number of carbonyl (C=O) groups is 1. The molecule has 0 aromatic heterocycles. The smallest absolute Gasteiger partial charge is 0.341 e. The summed E-state index contributed by atoms with van der Waals surface area (Å²) in [5, 5.41) is 0.238. The van der Waals surface area contributed by atoms with Gasteiger partial charge in [0.1, 0.15) is 18.2 Å². The summed E-state index contributed by atoms with van der Waals surface area (Å²) in [6.45, 7) is -0.314. The Hall–Kier alpha value is -2.14. The van der Waals surface area contributed by atoms with Crippen LogP contribution in [0.25, 0.3) is 0 Å². The highest BCUT2D eigenvalue weighted by atomic mass is 35.5. The number of nitrogens with two attached hydrogens (primary N) is 1. The lowest BCUT2D eigenvalue weighted by molar-refractivity contribution is 0.0463. The molecule has 6 heteroatoms. The second-order valence-electron chi connectivity index (χ2n) is 4.05. The van der Waals surface area contributed by atoms with E-state index in [1.165, 1.54) is 24.3 Å². The molecule has 0 saturated carbocycles. The molecule has 104 valence electrons. The summed E-state index contributed by atoms with van der Waals surface area (Å²) in [4.78, 5) is 11.7. The van der Waals surface area contributed by atoms with E-state index in [1.54, 1.807) is 0 Å². The van der Waals surface area contributed by atoms with Crippen LogP contribution in [-0.4, -0.2) is 5.97 Å². The number of anilines is 1. The van der Waals surface area contributed by atoms with Gasteiger partial charge in [0.25, 0.3) is 0 Å². The van der Waals surface area contributed by atoms with E-state index in [0.29, 0.717) is 0 Å². The highest BCUT2D eigenvalue weighted by Gasteiger charge is 2.14. The Kier molecular flexibility index (Phi) is 4.20. The van der Waals surface area contributed by atoms with E-state index < -0.39 is 17.6 Å². The first-order valence-electron chi connectivity index (χ1n) is 5.63. The zero-order chi connectivity index (χ0) is 14.7. The molecule has 20 heavy (non-hydrogen) atoms. The highest BCUT2D eigenvalue weighted by molar-refractivity contribution is 6.30. The largest absolute Gasteiger partial charge is 0.457 e. The van der Waals surface area contributed by atoms with Crippen molar-refractivity contribution in [1.29, 1.82) is 0 Å². The minimum Gasteiger partial charge on any atom is -0.457 e. The predicted octanol–water partition coefficient (Wildman–Crippen LogP) is 3.56. The number of rotatable bonds is 3. The van der Waals surface area contributed by atoms with Gasteiger partial charge >= 0.3 is 5.97 Å². The van der Waals surface area contributed by atoms with E-state index in [1.807, 2.05) is 0 Å². The molecule has 0 fully saturated rings. The molecule has 0 amide bonds. The van der Waals surface area contributed by atoms with E-state index in [9.17, 15) is 13.6 Å². The Balaban J connectivity index is 2.08. The zero-order valence-electron chi connectivity index (χ0n) is 10.2. The van der Waals surface area contributed by atoms with Gasteiger partial charge in [-0.25, -0.2) is 13.6 Å². The van der Waals surface area contributed by atoms with Gasteiger partial charge < -0.3 is 10.5 Å². The van der Waals surface area contributed by atoms with Crippen molar-refractivity contribution in [1.82, 2.24) is 0 Å². The van der Waals surface area contributed by atoms with Crippen LogP contribution >= 0.6 is 11.6 Å². The summed E-state index contributed by atoms with van der Waals surface area (Å²) in [7, 11) is 0. The average molecular weight is 298 g/mol. The van der Waals surface area contributed by atoms with E-state index >= 15 is 0 Å². The van der Waals surface area contributed by atoms with Crippen molar-refractivity contribution in [2.45, 2.75) is 6.61 Å². The molecule has 2 aromatic carbocycles. The first-order valence-corrected chi connectivity index (χ1v) is 6.01. The summed E-state index contributed by atoms with van der Waals surface area (Å²) >= 11 is 5.60. The van der Waals surface area contributed by atoms with E-state index in [0.717, 1.165) is 12.1 Å². The molecule has 0 bridgehead atoms.